The van der Waals surface area contributed by atoms with Gasteiger partial charge in [-0.1, -0.05) is 36.0 Å². The zero-order chi connectivity index (χ0) is 20.5. The molecule has 1 aliphatic carbocycles. The number of nitrogens with zero attached hydrogens (tertiary/aromatic N) is 6. The van der Waals surface area contributed by atoms with Gasteiger partial charge >= 0.3 is 0 Å². The summed E-state index contributed by atoms with van der Waals surface area (Å²) in [5.74, 6) is 6.90. The third kappa shape index (κ3) is 3.74. The van der Waals surface area contributed by atoms with Crippen molar-refractivity contribution in [3.63, 3.8) is 0 Å². The zero-order valence-corrected chi connectivity index (χ0v) is 17.7. The van der Waals surface area contributed by atoms with E-state index in [0.29, 0.717) is 11.1 Å². The van der Waals surface area contributed by atoms with Crippen molar-refractivity contribution in [1.29, 1.82) is 0 Å². The van der Waals surface area contributed by atoms with E-state index in [2.05, 4.69) is 33.5 Å². The average Bonchev–Trinajstić information content (AvgIpc) is 3.25. The summed E-state index contributed by atoms with van der Waals surface area (Å²) in [5, 5.41) is 13.2. The molecule has 8 nitrogen and oxygen atoms in total. The minimum absolute atomic E-state index is 0.0485. The first-order valence-electron chi connectivity index (χ1n) is 9.66. The van der Waals surface area contributed by atoms with Gasteiger partial charge in [0.15, 0.2) is 0 Å². The van der Waals surface area contributed by atoms with Crippen LogP contribution in [0, 0.1) is 13.8 Å². The van der Waals surface area contributed by atoms with E-state index in [9.17, 15) is 4.79 Å². The molecule has 1 aromatic carbocycles. The molecule has 29 heavy (non-hydrogen) atoms. The Kier molecular flexibility index (Phi) is 5.31. The number of hydrogen-bond acceptors (Lipinski definition) is 6. The van der Waals surface area contributed by atoms with Crippen molar-refractivity contribution in [3.05, 3.63) is 52.8 Å². The predicted molar refractivity (Wildman–Crippen MR) is 112 cm³/mol. The van der Waals surface area contributed by atoms with Crippen molar-refractivity contribution in [3.8, 4) is 5.95 Å². The van der Waals surface area contributed by atoms with E-state index in [1.165, 1.54) is 27.6 Å². The summed E-state index contributed by atoms with van der Waals surface area (Å²) in [6.07, 6.45) is 3.16. The Morgan fingerprint density at radius 1 is 1.31 bits per heavy atom. The van der Waals surface area contributed by atoms with Gasteiger partial charge in [0, 0.05) is 12.7 Å². The van der Waals surface area contributed by atoms with E-state index in [4.69, 9.17) is 5.84 Å². The summed E-state index contributed by atoms with van der Waals surface area (Å²) in [6.45, 7) is 3.84. The molecule has 0 unspecified atom stereocenters. The molecule has 0 radical (unpaired) electrons. The minimum Gasteiger partial charge on any atom is -0.338 e. The van der Waals surface area contributed by atoms with E-state index in [1.54, 1.807) is 4.68 Å². The third-order valence-corrected chi connectivity index (χ3v) is 6.30. The molecule has 0 saturated carbocycles. The van der Waals surface area contributed by atoms with Gasteiger partial charge in [-0.2, -0.15) is 5.10 Å². The maximum Gasteiger partial charge on any atom is 0.271 e. The van der Waals surface area contributed by atoms with Crippen LogP contribution < -0.4 is 5.84 Å². The number of nitrogen functional groups attached to an aromatic ring is 1. The van der Waals surface area contributed by atoms with E-state index in [0.717, 1.165) is 30.7 Å². The smallest absolute Gasteiger partial charge is 0.271 e. The molecular weight excluding hydrogens is 386 g/mol. The number of hydrogen-bond donors (Lipinski definition) is 1. The lowest BCUT2D eigenvalue weighted by Gasteiger charge is -2.33. The highest BCUT2D eigenvalue weighted by atomic mass is 32.2. The predicted octanol–water partition coefficient (Wildman–Crippen LogP) is 2.42. The molecule has 0 aliphatic heterocycles. The Morgan fingerprint density at radius 2 is 2.10 bits per heavy atom. The molecule has 9 heteroatoms. The summed E-state index contributed by atoms with van der Waals surface area (Å²) in [6, 6.07) is 10.5. The zero-order valence-electron chi connectivity index (χ0n) is 16.9. The highest BCUT2D eigenvalue weighted by molar-refractivity contribution is 7.99. The topological polar surface area (TPSA) is 94.9 Å². The second-order valence-corrected chi connectivity index (χ2v) is 8.33. The lowest BCUT2D eigenvalue weighted by atomic mass is 9.87. The number of amides is 1. The van der Waals surface area contributed by atoms with Crippen LogP contribution in [0.5, 0.6) is 0 Å². The molecule has 152 valence electrons. The lowest BCUT2D eigenvalue weighted by Crippen LogP contribution is -2.34. The van der Waals surface area contributed by atoms with Crippen molar-refractivity contribution >= 4 is 17.7 Å². The first-order chi connectivity index (χ1) is 14.0. The summed E-state index contributed by atoms with van der Waals surface area (Å²) >= 11 is 1.29. The largest absolute Gasteiger partial charge is 0.338 e. The van der Waals surface area contributed by atoms with Crippen LogP contribution in [0.1, 0.15) is 41.4 Å². The molecule has 0 bridgehead atoms. The van der Waals surface area contributed by atoms with Crippen LogP contribution in [0.4, 0.5) is 0 Å². The SMILES string of the molecule is Cc1cc(C)n(-c2nnc(SCC(=O)N(C)[C@H]3CCCc4ccccc43)n2N)n1. The number of carbonyl (C=O) groups excluding carboxylic acids is 1. The number of aromatic nitrogens is 5. The summed E-state index contributed by atoms with van der Waals surface area (Å²) < 4.78 is 3.03. The molecule has 2 aromatic heterocycles. The van der Waals surface area contributed by atoms with Crippen LogP contribution in [0.2, 0.25) is 0 Å². The Hall–Kier alpha value is -2.81. The maximum atomic E-state index is 12.9. The number of rotatable bonds is 5. The first kappa shape index (κ1) is 19.5. The Balaban J connectivity index is 1.45. The summed E-state index contributed by atoms with van der Waals surface area (Å²) in [7, 11) is 1.88. The number of carbonyl (C=O) groups is 1. The number of nitrogens with two attached hydrogens (primary N) is 1. The van der Waals surface area contributed by atoms with Crippen molar-refractivity contribution in [1.82, 2.24) is 29.6 Å². The fourth-order valence-electron chi connectivity index (χ4n) is 3.88. The number of thioether (sulfide) groups is 1. The first-order valence-corrected chi connectivity index (χ1v) is 10.6. The quantitative estimate of drug-likeness (QED) is 0.512. The van der Waals surface area contributed by atoms with E-state index in [-0.39, 0.29) is 17.7 Å². The van der Waals surface area contributed by atoms with Crippen LogP contribution in [0.3, 0.4) is 0 Å². The Bertz CT molecular complexity index is 1040. The fourth-order valence-corrected chi connectivity index (χ4v) is 4.65. The van der Waals surface area contributed by atoms with E-state index in [1.807, 2.05) is 37.9 Å². The van der Waals surface area contributed by atoms with Gasteiger partial charge in [-0.05, 0) is 50.3 Å². The van der Waals surface area contributed by atoms with Crippen molar-refractivity contribution in [2.24, 2.45) is 0 Å². The molecule has 0 saturated heterocycles. The van der Waals surface area contributed by atoms with E-state index >= 15 is 0 Å². The van der Waals surface area contributed by atoms with Crippen molar-refractivity contribution in [2.75, 3.05) is 18.6 Å². The maximum absolute atomic E-state index is 12.9. The van der Waals surface area contributed by atoms with Crippen LogP contribution in [0.25, 0.3) is 5.95 Å². The number of fused-ring (bicyclic) bond motifs is 1. The normalized spacial score (nSPS) is 15.9. The molecule has 1 atom stereocenters. The van der Waals surface area contributed by atoms with Gasteiger partial charge in [0.25, 0.3) is 5.95 Å². The third-order valence-electron chi connectivity index (χ3n) is 5.37. The minimum atomic E-state index is 0.0485. The standard InChI is InChI=1S/C20H25N7OS/c1-13-11-14(2)27(24-13)19-22-23-20(26(19)21)29-12-18(28)25(3)17-10-6-8-15-7-4-5-9-16(15)17/h4-5,7,9,11,17H,6,8,10,12,21H2,1-3H3/t17-/m0/s1. The van der Waals surface area contributed by atoms with Gasteiger partial charge < -0.3 is 10.7 Å². The molecule has 1 aliphatic rings. The molecule has 0 fully saturated rings. The molecule has 3 aromatic rings. The van der Waals surface area contributed by atoms with Gasteiger partial charge in [0.1, 0.15) is 0 Å². The second kappa shape index (κ2) is 7.90. The van der Waals surface area contributed by atoms with Gasteiger partial charge in [-0.15, -0.1) is 10.2 Å². The van der Waals surface area contributed by atoms with Crippen LogP contribution in [0.15, 0.2) is 35.5 Å². The van der Waals surface area contributed by atoms with Gasteiger partial charge in [-0.3, -0.25) is 4.79 Å². The van der Waals surface area contributed by atoms with Crippen LogP contribution in [-0.4, -0.2) is 48.3 Å². The molecule has 1 amide bonds. The van der Waals surface area contributed by atoms with Crippen LogP contribution in [-0.2, 0) is 11.2 Å². The molecule has 2 heterocycles. The second-order valence-electron chi connectivity index (χ2n) is 7.39. The highest BCUT2D eigenvalue weighted by Gasteiger charge is 2.27. The van der Waals surface area contributed by atoms with Gasteiger partial charge in [0.05, 0.1) is 17.5 Å². The Labute approximate surface area is 174 Å². The van der Waals surface area contributed by atoms with Crippen molar-refractivity contribution in [2.45, 2.75) is 44.3 Å². The molecule has 0 spiro atoms. The molecule has 2 N–H and O–H groups in total. The number of aryl methyl sites for hydroxylation is 3. The lowest BCUT2D eigenvalue weighted by molar-refractivity contribution is -0.129. The summed E-state index contributed by atoms with van der Waals surface area (Å²) in [4.78, 5) is 14.7. The fraction of sp³-hybridized carbons (Fsp3) is 0.400. The van der Waals surface area contributed by atoms with E-state index < -0.39 is 0 Å². The molecule has 4 rings (SSSR count). The highest BCUT2D eigenvalue weighted by Crippen LogP contribution is 2.34. The average molecular weight is 412 g/mol. The van der Waals surface area contributed by atoms with Gasteiger partial charge in [0.2, 0.25) is 11.1 Å². The van der Waals surface area contributed by atoms with Crippen LogP contribution >= 0.6 is 11.8 Å². The number of benzene rings is 1. The Morgan fingerprint density at radius 3 is 2.86 bits per heavy atom. The monoisotopic (exact) mass is 411 g/mol. The van der Waals surface area contributed by atoms with Crippen molar-refractivity contribution < 1.29 is 4.79 Å². The molecular formula is C20H25N7OS. The van der Waals surface area contributed by atoms with Gasteiger partial charge in [-0.25, -0.2) is 9.36 Å². The summed E-state index contributed by atoms with van der Waals surface area (Å²) in [5.41, 5.74) is 4.40.